The van der Waals surface area contributed by atoms with Gasteiger partial charge in [0.15, 0.2) is 0 Å². The Kier molecular flexibility index (Phi) is 3.89. The first-order chi connectivity index (χ1) is 12.2. The van der Waals surface area contributed by atoms with Crippen LogP contribution in [0.15, 0.2) is 52.4 Å². The molecule has 2 aliphatic rings. The molecule has 4 rings (SSSR count). The SMILES string of the molecule is COC(=O)c1ccc2c(c1)N=C(Nc1cccc(Cl)c1)N1CCN=C21. The minimum Gasteiger partial charge on any atom is -0.465 e. The average Bonchev–Trinajstić information content (AvgIpc) is 3.11. The molecular weight excluding hydrogens is 340 g/mol. The van der Waals surface area contributed by atoms with E-state index in [1.165, 1.54) is 7.11 Å². The van der Waals surface area contributed by atoms with Crippen LogP contribution in [0.4, 0.5) is 11.4 Å². The number of anilines is 1. The number of methoxy groups -OCH3 is 1. The topological polar surface area (TPSA) is 66.3 Å². The van der Waals surface area contributed by atoms with Crippen LogP contribution in [-0.2, 0) is 4.74 Å². The Labute approximate surface area is 149 Å². The van der Waals surface area contributed by atoms with E-state index in [0.717, 1.165) is 23.6 Å². The largest absolute Gasteiger partial charge is 0.465 e. The zero-order chi connectivity index (χ0) is 17.4. The second-order valence-corrected chi connectivity index (χ2v) is 6.09. The summed E-state index contributed by atoms with van der Waals surface area (Å²) < 4.78 is 4.79. The molecule has 0 saturated carbocycles. The van der Waals surface area contributed by atoms with Gasteiger partial charge in [-0.25, -0.2) is 9.79 Å². The Morgan fingerprint density at radius 3 is 2.96 bits per heavy atom. The van der Waals surface area contributed by atoms with E-state index >= 15 is 0 Å². The first-order valence-electron chi connectivity index (χ1n) is 7.82. The van der Waals surface area contributed by atoms with E-state index < -0.39 is 5.97 Å². The van der Waals surface area contributed by atoms with Crippen LogP contribution in [-0.4, -0.2) is 42.9 Å². The zero-order valence-electron chi connectivity index (χ0n) is 13.5. The molecule has 0 bridgehead atoms. The molecule has 0 radical (unpaired) electrons. The van der Waals surface area contributed by atoms with Crippen LogP contribution in [0.2, 0.25) is 5.02 Å². The summed E-state index contributed by atoms with van der Waals surface area (Å²) in [6.07, 6.45) is 0. The highest BCUT2D eigenvalue weighted by molar-refractivity contribution is 6.31. The van der Waals surface area contributed by atoms with E-state index in [2.05, 4.69) is 10.3 Å². The van der Waals surface area contributed by atoms with Gasteiger partial charge in [-0.05, 0) is 36.4 Å². The number of amidine groups is 1. The standard InChI is InChI=1S/C18H15ClN4O2/c1-25-17(24)11-5-6-14-15(9-11)22-18(23-8-7-20-16(14)23)21-13-4-2-3-12(19)10-13/h2-6,9-10H,7-8H2,1H3,(H,21,22). The fourth-order valence-electron chi connectivity index (χ4n) is 2.91. The number of esters is 1. The lowest BCUT2D eigenvalue weighted by atomic mass is 10.1. The number of carbonyl (C=O) groups is 1. The van der Waals surface area contributed by atoms with Gasteiger partial charge < -0.3 is 10.1 Å². The fraction of sp³-hybridized carbons (Fsp3) is 0.167. The van der Waals surface area contributed by atoms with E-state index in [-0.39, 0.29) is 0 Å². The molecule has 0 atom stereocenters. The number of halogens is 1. The van der Waals surface area contributed by atoms with Crippen molar-refractivity contribution in [3.8, 4) is 0 Å². The predicted octanol–water partition coefficient (Wildman–Crippen LogP) is 3.30. The summed E-state index contributed by atoms with van der Waals surface area (Å²) in [4.78, 5) is 23.1. The Balaban J connectivity index is 1.76. The lowest BCUT2D eigenvalue weighted by molar-refractivity contribution is 0.0601. The van der Waals surface area contributed by atoms with Gasteiger partial charge in [0.25, 0.3) is 0 Å². The number of fused-ring (bicyclic) bond motifs is 3. The van der Waals surface area contributed by atoms with Crippen molar-refractivity contribution in [1.29, 1.82) is 0 Å². The number of ether oxygens (including phenoxy) is 1. The van der Waals surface area contributed by atoms with Crippen LogP contribution in [0.25, 0.3) is 0 Å². The maximum Gasteiger partial charge on any atom is 0.337 e. The molecule has 0 saturated heterocycles. The average molecular weight is 355 g/mol. The molecule has 0 spiro atoms. The van der Waals surface area contributed by atoms with Crippen LogP contribution >= 0.6 is 11.6 Å². The maximum absolute atomic E-state index is 11.8. The number of carbonyl (C=O) groups excluding carboxylic acids is 1. The van der Waals surface area contributed by atoms with E-state index in [9.17, 15) is 4.79 Å². The Morgan fingerprint density at radius 1 is 1.28 bits per heavy atom. The predicted molar refractivity (Wildman–Crippen MR) is 98.1 cm³/mol. The summed E-state index contributed by atoms with van der Waals surface area (Å²) >= 11 is 6.06. The molecule has 126 valence electrons. The molecule has 0 aromatic heterocycles. The number of benzene rings is 2. The first kappa shape index (κ1) is 15.7. The van der Waals surface area contributed by atoms with Crippen molar-refractivity contribution < 1.29 is 9.53 Å². The van der Waals surface area contributed by atoms with Crippen molar-refractivity contribution in [2.75, 3.05) is 25.5 Å². The third kappa shape index (κ3) is 2.85. The van der Waals surface area contributed by atoms with Crippen LogP contribution in [0.5, 0.6) is 0 Å². The van der Waals surface area contributed by atoms with Crippen molar-refractivity contribution >= 4 is 40.7 Å². The summed E-state index contributed by atoms with van der Waals surface area (Å²) in [6, 6.07) is 12.7. The van der Waals surface area contributed by atoms with Gasteiger partial charge in [-0.3, -0.25) is 9.89 Å². The Bertz CT molecular complexity index is 923. The van der Waals surface area contributed by atoms with E-state index in [4.69, 9.17) is 21.3 Å². The molecule has 0 unspecified atom stereocenters. The lowest BCUT2D eigenvalue weighted by Gasteiger charge is -2.28. The molecule has 2 aromatic rings. The zero-order valence-corrected chi connectivity index (χ0v) is 14.2. The summed E-state index contributed by atoms with van der Waals surface area (Å²) in [7, 11) is 1.36. The van der Waals surface area contributed by atoms with Gasteiger partial charge >= 0.3 is 5.97 Å². The second-order valence-electron chi connectivity index (χ2n) is 5.65. The number of guanidine groups is 1. The molecule has 2 aromatic carbocycles. The van der Waals surface area contributed by atoms with Gasteiger partial charge in [-0.1, -0.05) is 17.7 Å². The summed E-state index contributed by atoms with van der Waals surface area (Å²) in [6.45, 7) is 1.45. The van der Waals surface area contributed by atoms with E-state index in [0.29, 0.717) is 28.8 Å². The summed E-state index contributed by atoms with van der Waals surface area (Å²) in [5.41, 5.74) is 2.88. The highest BCUT2D eigenvalue weighted by Gasteiger charge is 2.30. The second kappa shape index (κ2) is 6.22. The maximum atomic E-state index is 11.8. The molecule has 0 amide bonds. The molecule has 1 N–H and O–H groups in total. The number of nitrogens with zero attached hydrogens (tertiary/aromatic N) is 3. The highest BCUT2D eigenvalue weighted by Crippen LogP contribution is 2.30. The van der Waals surface area contributed by atoms with Crippen molar-refractivity contribution in [2.45, 2.75) is 0 Å². The molecule has 0 aliphatic carbocycles. The van der Waals surface area contributed by atoms with Crippen LogP contribution in [0.3, 0.4) is 0 Å². The van der Waals surface area contributed by atoms with E-state index in [1.807, 2.05) is 35.2 Å². The normalized spacial score (nSPS) is 15.0. The lowest BCUT2D eigenvalue weighted by Crippen LogP contribution is -2.41. The Hall–Kier alpha value is -2.86. The molecule has 0 fully saturated rings. The van der Waals surface area contributed by atoms with Crippen LogP contribution in [0.1, 0.15) is 15.9 Å². The third-order valence-corrected chi connectivity index (χ3v) is 4.30. The Morgan fingerprint density at radius 2 is 2.16 bits per heavy atom. The highest BCUT2D eigenvalue weighted by atomic mass is 35.5. The van der Waals surface area contributed by atoms with E-state index in [1.54, 1.807) is 12.1 Å². The quantitative estimate of drug-likeness (QED) is 0.840. The molecule has 2 aliphatic heterocycles. The third-order valence-electron chi connectivity index (χ3n) is 4.06. The molecule has 2 heterocycles. The monoisotopic (exact) mass is 354 g/mol. The van der Waals surface area contributed by atoms with Gasteiger partial charge in [-0.15, -0.1) is 0 Å². The van der Waals surface area contributed by atoms with Crippen molar-refractivity contribution in [2.24, 2.45) is 9.98 Å². The molecule has 7 heteroatoms. The molecule has 25 heavy (non-hydrogen) atoms. The summed E-state index contributed by atoms with van der Waals surface area (Å²) in [5.74, 6) is 1.12. The minimum absolute atomic E-state index is 0.391. The number of hydrogen-bond acceptors (Lipinski definition) is 6. The minimum atomic E-state index is -0.391. The van der Waals surface area contributed by atoms with Gasteiger partial charge in [0.2, 0.25) is 5.96 Å². The first-order valence-corrected chi connectivity index (χ1v) is 8.19. The number of aliphatic imine (C=N–C) groups is 2. The summed E-state index contributed by atoms with van der Waals surface area (Å²) in [5, 5.41) is 3.93. The van der Waals surface area contributed by atoms with Crippen molar-refractivity contribution in [3.05, 3.63) is 58.6 Å². The van der Waals surface area contributed by atoms with Crippen LogP contribution in [0, 0.1) is 0 Å². The van der Waals surface area contributed by atoms with Crippen molar-refractivity contribution in [1.82, 2.24) is 4.90 Å². The smallest absolute Gasteiger partial charge is 0.337 e. The fourth-order valence-corrected chi connectivity index (χ4v) is 3.10. The number of nitrogens with one attached hydrogen (secondary N) is 1. The van der Waals surface area contributed by atoms with Gasteiger partial charge in [0.1, 0.15) is 5.84 Å². The van der Waals surface area contributed by atoms with Crippen LogP contribution < -0.4 is 5.32 Å². The number of hydrogen-bond donors (Lipinski definition) is 1. The van der Waals surface area contributed by atoms with Gasteiger partial charge in [0, 0.05) is 22.8 Å². The van der Waals surface area contributed by atoms with Gasteiger partial charge in [-0.2, -0.15) is 0 Å². The molecule has 6 nitrogen and oxygen atoms in total. The van der Waals surface area contributed by atoms with Gasteiger partial charge in [0.05, 0.1) is 24.9 Å². The number of rotatable bonds is 2. The van der Waals surface area contributed by atoms with Crippen molar-refractivity contribution in [3.63, 3.8) is 0 Å². The molecular formula is C18H15ClN4O2.